The van der Waals surface area contributed by atoms with Crippen LogP contribution in [0.2, 0.25) is 0 Å². The summed E-state index contributed by atoms with van der Waals surface area (Å²) in [7, 11) is 1.57. The molecule has 0 saturated heterocycles. The van der Waals surface area contributed by atoms with Gasteiger partial charge in [0, 0.05) is 19.2 Å². The summed E-state index contributed by atoms with van der Waals surface area (Å²) in [6, 6.07) is 7.27. The summed E-state index contributed by atoms with van der Waals surface area (Å²) >= 11 is 1.09. The number of methoxy groups -OCH3 is 1. The molecule has 0 radical (unpaired) electrons. The van der Waals surface area contributed by atoms with Gasteiger partial charge in [-0.1, -0.05) is 12.1 Å². The number of nitrogens with zero attached hydrogens (tertiary/aromatic N) is 1. The van der Waals surface area contributed by atoms with Gasteiger partial charge in [0.15, 0.2) is 0 Å². The molecule has 1 N–H and O–H groups in total. The highest BCUT2D eigenvalue weighted by molar-refractivity contribution is 7.18. The highest BCUT2D eigenvalue weighted by Crippen LogP contribution is 2.34. The molecule has 8 heteroatoms. The third-order valence-electron chi connectivity index (χ3n) is 4.63. The third-order valence-corrected chi connectivity index (χ3v) is 5.82. The van der Waals surface area contributed by atoms with Crippen molar-refractivity contribution in [2.24, 2.45) is 0 Å². The van der Waals surface area contributed by atoms with Crippen LogP contribution in [0.5, 0.6) is 5.75 Å². The minimum Gasteiger partial charge on any atom is -0.497 e. The van der Waals surface area contributed by atoms with Gasteiger partial charge in [-0.05, 0) is 57.0 Å². The van der Waals surface area contributed by atoms with E-state index >= 15 is 0 Å². The minimum atomic E-state index is -0.568. The number of anilines is 1. The smallest absolute Gasteiger partial charge is 0.341 e. The number of carbonyl (C=O) groups is 3. The van der Waals surface area contributed by atoms with Crippen molar-refractivity contribution < 1.29 is 23.9 Å². The van der Waals surface area contributed by atoms with Gasteiger partial charge in [-0.15, -0.1) is 11.3 Å². The van der Waals surface area contributed by atoms with E-state index in [0.717, 1.165) is 16.9 Å². The summed E-state index contributed by atoms with van der Waals surface area (Å²) in [6.07, 6.45) is 3.01. The van der Waals surface area contributed by atoms with Crippen LogP contribution in [-0.2, 0) is 9.53 Å². The molecule has 0 unspecified atom stereocenters. The highest BCUT2D eigenvalue weighted by Gasteiger charge is 2.28. The number of ether oxygens (including phenoxy) is 2. The summed E-state index contributed by atoms with van der Waals surface area (Å²) in [5.74, 6) is -0.482. The van der Waals surface area contributed by atoms with Crippen LogP contribution in [0.1, 0.15) is 51.9 Å². The second-order valence-electron chi connectivity index (χ2n) is 6.56. The van der Waals surface area contributed by atoms with E-state index in [1.54, 1.807) is 38.0 Å². The maximum atomic E-state index is 12.9. The molecule has 31 heavy (non-hydrogen) atoms. The molecule has 1 heterocycles. The maximum absolute atomic E-state index is 12.9. The molecule has 1 aromatic carbocycles. The van der Waals surface area contributed by atoms with Crippen molar-refractivity contribution in [3.8, 4) is 5.75 Å². The van der Waals surface area contributed by atoms with Crippen molar-refractivity contribution in [3.63, 3.8) is 0 Å². The number of carbonyl (C=O) groups excluding carboxylic acids is 3. The molecule has 166 valence electrons. The lowest BCUT2D eigenvalue weighted by Crippen LogP contribution is -2.30. The number of thiophene rings is 1. The summed E-state index contributed by atoms with van der Waals surface area (Å²) < 4.78 is 10.3. The highest BCUT2D eigenvalue weighted by atomic mass is 32.1. The number of nitrogens with one attached hydrogen (secondary N) is 1. The molecule has 0 spiro atoms. The van der Waals surface area contributed by atoms with Gasteiger partial charge in [-0.3, -0.25) is 9.59 Å². The molecule has 2 amide bonds. The van der Waals surface area contributed by atoms with Gasteiger partial charge in [0.05, 0.1) is 24.2 Å². The van der Waals surface area contributed by atoms with E-state index in [-0.39, 0.29) is 18.1 Å². The zero-order valence-electron chi connectivity index (χ0n) is 18.5. The van der Waals surface area contributed by atoms with Crippen LogP contribution >= 0.6 is 11.3 Å². The van der Waals surface area contributed by atoms with Crippen LogP contribution in [-0.4, -0.2) is 49.5 Å². The van der Waals surface area contributed by atoms with E-state index in [2.05, 4.69) is 5.32 Å². The van der Waals surface area contributed by atoms with Crippen LogP contribution < -0.4 is 10.1 Å². The molecule has 0 bridgehead atoms. The Morgan fingerprint density at radius 2 is 1.87 bits per heavy atom. The van der Waals surface area contributed by atoms with E-state index in [0.29, 0.717) is 34.3 Å². The summed E-state index contributed by atoms with van der Waals surface area (Å²) in [4.78, 5) is 40.0. The Hall–Kier alpha value is -3.13. The number of hydrogen-bond acceptors (Lipinski definition) is 6. The molecule has 0 aliphatic heterocycles. The van der Waals surface area contributed by atoms with E-state index in [1.807, 2.05) is 32.0 Å². The van der Waals surface area contributed by atoms with Gasteiger partial charge in [-0.2, -0.15) is 0 Å². The first-order valence-electron chi connectivity index (χ1n) is 10.1. The monoisotopic (exact) mass is 444 g/mol. The van der Waals surface area contributed by atoms with Gasteiger partial charge in [0.25, 0.3) is 5.91 Å². The molecular formula is C23H28N2O5S. The fourth-order valence-electron chi connectivity index (χ4n) is 2.98. The van der Waals surface area contributed by atoms with Crippen molar-refractivity contribution in [1.82, 2.24) is 4.90 Å². The van der Waals surface area contributed by atoms with Gasteiger partial charge in [-0.25, -0.2) is 4.79 Å². The minimum absolute atomic E-state index is 0.175. The first-order valence-corrected chi connectivity index (χ1v) is 10.9. The Morgan fingerprint density at radius 1 is 1.16 bits per heavy atom. The van der Waals surface area contributed by atoms with Crippen LogP contribution in [0.25, 0.3) is 6.08 Å². The van der Waals surface area contributed by atoms with Crippen LogP contribution in [0, 0.1) is 6.92 Å². The number of hydrogen-bond donors (Lipinski definition) is 1. The molecule has 0 saturated carbocycles. The molecule has 7 nitrogen and oxygen atoms in total. The average Bonchev–Trinajstić information content (AvgIpc) is 3.09. The van der Waals surface area contributed by atoms with Crippen LogP contribution in [0.4, 0.5) is 5.00 Å². The first kappa shape index (κ1) is 24.1. The summed E-state index contributed by atoms with van der Waals surface area (Å²) in [6.45, 7) is 8.47. The van der Waals surface area contributed by atoms with Crippen molar-refractivity contribution in [2.45, 2.75) is 27.7 Å². The number of esters is 1. The summed E-state index contributed by atoms with van der Waals surface area (Å²) in [5.41, 5.74) is 1.51. The third kappa shape index (κ3) is 5.95. The van der Waals surface area contributed by atoms with Crippen molar-refractivity contribution in [2.75, 3.05) is 32.1 Å². The second-order valence-corrected chi connectivity index (χ2v) is 7.58. The number of amides is 2. The average molecular weight is 445 g/mol. The molecule has 1 aromatic heterocycles. The zero-order chi connectivity index (χ0) is 23.0. The lowest BCUT2D eigenvalue weighted by molar-refractivity contribution is -0.111. The van der Waals surface area contributed by atoms with Crippen LogP contribution in [0.15, 0.2) is 30.3 Å². The Labute approximate surface area is 186 Å². The summed E-state index contributed by atoms with van der Waals surface area (Å²) in [5, 5.41) is 3.03. The Kier molecular flexibility index (Phi) is 8.81. The number of rotatable bonds is 9. The lowest BCUT2D eigenvalue weighted by atomic mass is 10.1. The van der Waals surface area contributed by atoms with E-state index in [9.17, 15) is 14.4 Å². The van der Waals surface area contributed by atoms with Gasteiger partial charge < -0.3 is 19.7 Å². The molecule has 0 fully saturated rings. The fraction of sp³-hybridized carbons (Fsp3) is 0.348. The quantitative estimate of drug-likeness (QED) is 0.458. The molecule has 0 aliphatic rings. The second kappa shape index (κ2) is 11.3. The Balaban J connectivity index is 2.33. The van der Waals surface area contributed by atoms with Gasteiger partial charge >= 0.3 is 5.97 Å². The standard InChI is InChI=1S/C23H28N2O5S/c1-6-25(7-2)22(27)20-15(4)19(23(28)30-8-3)21(31-20)24-18(26)13-12-16-10-9-11-17(14-16)29-5/h9-14H,6-8H2,1-5H3,(H,24,26)/b13-12+. The van der Waals surface area contributed by atoms with E-state index < -0.39 is 11.9 Å². The van der Waals surface area contributed by atoms with Gasteiger partial charge in [0.1, 0.15) is 10.8 Å². The fourth-order valence-corrected chi connectivity index (χ4v) is 4.15. The lowest BCUT2D eigenvalue weighted by Gasteiger charge is -2.18. The Bertz CT molecular complexity index is 976. The first-order chi connectivity index (χ1) is 14.9. The predicted molar refractivity (Wildman–Crippen MR) is 123 cm³/mol. The molecule has 2 aromatic rings. The van der Waals surface area contributed by atoms with Crippen molar-refractivity contribution in [3.05, 3.63) is 51.9 Å². The SMILES string of the molecule is CCOC(=O)c1c(NC(=O)/C=C/c2cccc(OC)c2)sc(C(=O)N(CC)CC)c1C. The zero-order valence-corrected chi connectivity index (χ0v) is 19.3. The topological polar surface area (TPSA) is 84.9 Å². The van der Waals surface area contributed by atoms with E-state index in [4.69, 9.17) is 9.47 Å². The van der Waals surface area contributed by atoms with Crippen LogP contribution in [0.3, 0.4) is 0 Å². The number of benzene rings is 1. The largest absolute Gasteiger partial charge is 0.497 e. The maximum Gasteiger partial charge on any atom is 0.341 e. The molecule has 2 rings (SSSR count). The molecular weight excluding hydrogens is 416 g/mol. The normalized spacial score (nSPS) is 10.7. The van der Waals surface area contributed by atoms with Gasteiger partial charge in [0.2, 0.25) is 5.91 Å². The van der Waals surface area contributed by atoms with E-state index in [1.165, 1.54) is 6.08 Å². The van der Waals surface area contributed by atoms with Crippen molar-refractivity contribution >= 4 is 40.2 Å². The Morgan fingerprint density at radius 3 is 2.48 bits per heavy atom. The van der Waals surface area contributed by atoms with Crippen molar-refractivity contribution in [1.29, 1.82) is 0 Å². The molecule has 0 atom stereocenters. The molecule has 0 aliphatic carbocycles. The predicted octanol–water partition coefficient (Wildman–Crippen LogP) is 4.38.